The Kier molecular flexibility index (Phi) is 18.9. The lowest BCUT2D eigenvalue weighted by Gasteiger charge is -2.58. The molecule has 0 bridgehead atoms. The molecule has 11 aromatic rings. The number of nitrogens with one attached hydrogen (secondary N) is 1. The largest absolute Gasteiger partial charge is 0.402 e. The van der Waals surface area contributed by atoms with Gasteiger partial charge in [-0.2, -0.15) is 13.2 Å². The third-order valence-corrected chi connectivity index (χ3v) is 26.6. The highest BCUT2D eigenvalue weighted by Crippen LogP contribution is 2.64. The van der Waals surface area contributed by atoms with Gasteiger partial charge in [0.15, 0.2) is 0 Å². The summed E-state index contributed by atoms with van der Waals surface area (Å²) in [7, 11) is 2.25. The molecule has 0 radical (unpaired) electrons. The van der Waals surface area contributed by atoms with Crippen molar-refractivity contribution < 1.29 is 18.0 Å². The van der Waals surface area contributed by atoms with Gasteiger partial charge in [0.05, 0.1) is 0 Å². The van der Waals surface area contributed by atoms with Crippen molar-refractivity contribution in [3.8, 4) is 66.8 Å². The minimum absolute atomic E-state index is 0.00211. The van der Waals surface area contributed by atoms with Crippen LogP contribution < -0.4 is 5.32 Å². The summed E-state index contributed by atoms with van der Waals surface area (Å²) >= 11 is 0. The number of alkyl halides is 3. The molecule has 0 aromatic heterocycles. The second kappa shape index (κ2) is 27.0. The maximum atomic E-state index is 17.1. The molecule has 1 amide bonds. The van der Waals surface area contributed by atoms with Crippen molar-refractivity contribution in [2.24, 2.45) is 22.2 Å². The van der Waals surface area contributed by atoms with Gasteiger partial charge in [-0.25, -0.2) is 0 Å². The summed E-state index contributed by atoms with van der Waals surface area (Å²) in [5, 5.41) is 3.21. The highest BCUT2D eigenvalue weighted by Gasteiger charge is 2.69. The number of piperidine rings is 1. The predicted octanol–water partition coefficient (Wildman–Crippen LogP) is 25.6. The van der Waals surface area contributed by atoms with Gasteiger partial charge in [0.2, 0.25) is 5.91 Å². The number of carbonyl (C=O) groups is 1. The van der Waals surface area contributed by atoms with Crippen LogP contribution >= 0.6 is 0 Å². The summed E-state index contributed by atoms with van der Waals surface area (Å²) in [5.74, 6) is 0.713. The fourth-order valence-corrected chi connectivity index (χ4v) is 17.9. The van der Waals surface area contributed by atoms with E-state index < -0.39 is 33.3 Å². The highest BCUT2D eigenvalue weighted by molar-refractivity contribution is 6.09. The third-order valence-electron chi connectivity index (χ3n) is 26.6. The van der Waals surface area contributed by atoms with E-state index in [2.05, 4.69) is 262 Å². The van der Waals surface area contributed by atoms with E-state index in [0.29, 0.717) is 5.92 Å². The summed E-state index contributed by atoms with van der Waals surface area (Å²) in [5.41, 5.74) is 14.4. The van der Waals surface area contributed by atoms with Crippen molar-refractivity contribution in [3.05, 3.63) is 317 Å². The summed E-state index contributed by atoms with van der Waals surface area (Å²) in [6.07, 6.45) is -2.58. The summed E-state index contributed by atoms with van der Waals surface area (Å²) in [6.45, 7) is 32.7. The van der Waals surface area contributed by atoms with Crippen LogP contribution in [-0.4, -0.2) is 37.1 Å². The van der Waals surface area contributed by atoms with Gasteiger partial charge in [-0.1, -0.05) is 364 Å². The molecule has 1 fully saturated rings. The number of fused-ring (bicyclic) bond motifs is 1. The number of hydrogen-bond donors (Lipinski definition) is 1. The molecule has 103 heavy (non-hydrogen) atoms. The Hall–Kier alpha value is -9.36. The number of para-hydroxylation sites is 1. The normalized spacial score (nSPS) is 16.7. The van der Waals surface area contributed by atoms with Crippen LogP contribution in [0.15, 0.2) is 273 Å². The van der Waals surface area contributed by atoms with Crippen LogP contribution in [-0.2, 0) is 31.9 Å². The van der Waals surface area contributed by atoms with Crippen molar-refractivity contribution >= 4 is 11.6 Å². The summed E-state index contributed by atoms with van der Waals surface area (Å²) in [6, 6.07) is 93.6. The molecule has 3 nitrogen and oxygen atoms in total. The average Bonchev–Trinajstić information content (AvgIpc) is 1.39. The molecule has 0 aliphatic carbocycles. The Labute approximate surface area is 611 Å². The van der Waals surface area contributed by atoms with E-state index in [1.54, 1.807) is 56.3 Å². The van der Waals surface area contributed by atoms with Gasteiger partial charge < -0.3 is 10.2 Å². The molecular weight excluding hydrogens is 1270 g/mol. The number of rotatable bonds is 19. The van der Waals surface area contributed by atoms with Crippen LogP contribution in [0.25, 0.3) is 66.8 Å². The van der Waals surface area contributed by atoms with Crippen molar-refractivity contribution in [1.82, 2.24) is 4.90 Å². The first-order valence-corrected chi connectivity index (χ1v) is 37.1. The molecule has 2 aliphatic rings. The highest BCUT2D eigenvalue weighted by atomic mass is 19.4. The number of likely N-dealkylation sites (tertiary alicyclic amines) is 1. The molecule has 0 spiro atoms. The van der Waals surface area contributed by atoms with E-state index in [4.69, 9.17) is 0 Å². The second-order valence-corrected chi connectivity index (χ2v) is 33.0. The van der Waals surface area contributed by atoms with Gasteiger partial charge in [-0.15, -0.1) is 0 Å². The van der Waals surface area contributed by atoms with Gasteiger partial charge in [-0.05, 0) is 189 Å². The zero-order valence-electron chi connectivity index (χ0n) is 63.0. The van der Waals surface area contributed by atoms with Crippen molar-refractivity contribution in [1.29, 1.82) is 0 Å². The lowest BCUT2D eigenvalue weighted by Crippen LogP contribution is -2.60. The van der Waals surface area contributed by atoms with Crippen molar-refractivity contribution in [2.45, 2.75) is 149 Å². The number of halogens is 3. The van der Waals surface area contributed by atoms with E-state index in [1.807, 2.05) is 68.4 Å². The average molecular weight is 1370 g/mol. The fourth-order valence-electron chi connectivity index (χ4n) is 17.9. The number of benzene rings is 11. The smallest absolute Gasteiger partial charge is 0.325 e. The first-order chi connectivity index (χ1) is 48.9. The molecule has 1 saturated heterocycles. The Morgan fingerprint density at radius 1 is 0.379 bits per heavy atom. The zero-order valence-corrected chi connectivity index (χ0v) is 63.0. The molecule has 2 unspecified atom stereocenters. The van der Waals surface area contributed by atoms with Gasteiger partial charge in [0.1, 0.15) is 10.8 Å². The van der Waals surface area contributed by atoms with Crippen LogP contribution in [0.5, 0.6) is 0 Å². The third kappa shape index (κ3) is 12.0. The fraction of sp³-hybridized carbons (Fsp3) is 0.309. The number of carbonyl (C=O) groups excluding carboxylic acids is 1. The topological polar surface area (TPSA) is 32.3 Å². The van der Waals surface area contributed by atoms with E-state index >= 15 is 13.2 Å². The number of amides is 1. The molecule has 13 rings (SSSR count). The molecule has 2 heterocycles. The zero-order chi connectivity index (χ0) is 73.3. The van der Waals surface area contributed by atoms with E-state index in [-0.39, 0.29) is 39.2 Å². The van der Waals surface area contributed by atoms with Gasteiger partial charge in [0, 0.05) is 11.1 Å². The van der Waals surface area contributed by atoms with Crippen LogP contribution in [0.3, 0.4) is 0 Å². The van der Waals surface area contributed by atoms with Crippen LogP contribution in [0.1, 0.15) is 160 Å². The maximum Gasteiger partial charge on any atom is 0.402 e. The number of anilines is 1. The van der Waals surface area contributed by atoms with E-state index in [0.717, 1.165) is 92.8 Å². The molecule has 0 saturated carbocycles. The summed E-state index contributed by atoms with van der Waals surface area (Å²) in [4.78, 5) is 16.7. The predicted molar refractivity (Wildman–Crippen MR) is 426 cm³/mol. The quantitative estimate of drug-likeness (QED) is 0.0875. The van der Waals surface area contributed by atoms with Crippen molar-refractivity contribution in [2.75, 3.05) is 25.5 Å². The minimum Gasteiger partial charge on any atom is -0.325 e. The Morgan fingerprint density at radius 3 is 1.08 bits per heavy atom. The lowest BCUT2D eigenvalue weighted by molar-refractivity contribution is -0.217. The van der Waals surface area contributed by atoms with Crippen molar-refractivity contribution in [3.63, 3.8) is 0 Å². The molecule has 2 atom stereocenters. The van der Waals surface area contributed by atoms with Crippen LogP contribution in [0.4, 0.5) is 18.9 Å². The van der Waals surface area contributed by atoms with E-state index in [9.17, 15) is 4.79 Å². The van der Waals surface area contributed by atoms with Crippen LogP contribution in [0.2, 0.25) is 0 Å². The second-order valence-electron chi connectivity index (χ2n) is 33.0. The molecule has 2 aliphatic heterocycles. The monoisotopic (exact) mass is 1370 g/mol. The van der Waals surface area contributed by atoms with Gasteiger partial charge in [0.25, 0.3) is 0 Å². The molecule has 1 N–H and O–H groups in total. The Morgan fingerprint density at radius 2 is 0.699 bits per heavy atom. The molecular formula is C97H101F3N2O. The first kappa shape index (κ1) is 72.0. The van der Waals surface area contributed by atoms with Gasteiger partial charge >= 0.3 is 6.18 Å². The summed E-state index contributed by atoms with van der Waals surface area (Å²) < 4.78 is 51.2. The Bertz CT molecular complexity index is 4790. The van der Waals surface area contributed by atoms with E-state index in [1.165, 1.54) is 38.9 Å². The number of nitrogens with zero attached hydrogens (tertiary/aromatic N) is 1. The lowest BCUT2D eigenvalue weighted by atomic mass is 9.47. The van der Waals surface area contributed by atoms with Gasteiger partial charge in [-0.3, -0.25) is 4.79 Å². The molecule has 526 valence electrons. The van der Waals surface area contributed by atoms with Crippen LogP contribution in [0, 0.1) is 22.2 Å². The standard InChI is InChI=1S/C97H101F3N2O/c1-65(2)67-25-27-68(28-26-67)69-29-31-72(32-30-69)77-45-55-82(56-46-77)94(61-63-102(15)64-62-94)92(11,12)90(7,8)80-51-41-75(42-52-80)70-35-39-74(40-36-70)79-49-59-85(60-50-79)96(97(98,99)100,84-21-17-16-18-22-84)93(13,14)91(9,10)81-53-43-76(44-54-81)71-33-37-73(38-34-71)78-47-57-83(58-48-78)95(89(5,6)66(3)4)86-23-19-20-24-87(86)101-88(95)103/h16-60,65-66H,61-64H2,1-15H3,(H,101,103). The minimum atomic E-state index is -4.71. The molecule has 6 heteroatoms. The SMILES string of the molecule is CC(C)c1ccc(-c2ccc(-c3ccc(C4(C(C)(C)C(C)(C)c5ccc(-c6ccc(-c7ccc(C(c8ccccc8)(C(F)(F)F)C(C)(C)C(C)(C)c8ccc(-c9ccc(-c%10ccc(C%11(C(C)(C)C(C)C)C(=O)Nc%12ccccc%12%11)cc%10)cc9)cc8)cc7)cc6)cc5)CCN(C)CC4)cc3)cc2)cc1. The molecule has 11 aromatic carbocycles. The maximum absolute atomic E-state index is 17.1. The Balaban J connectivity index is 0.718. The number of hydrogen-bond acceptors (Lipinski definition) is 2. The first-order valence-electron chi connectivity index (χ1n) is 37.1.